The van der Waals surface area contributed by atoms with E-state index >= 15 is 0 Å². The monoisotopic (exact) mass is 425 g/mol. The summed E-state index contributed by atoms with van der Waals surface area (Å²) in [6.07, 6.45) is 0. The SMILES string of the molecule is Cc1ccc(C(=O)NC(C#N)c2ccc(C(C)(C)C)cc2)cc1NC(=O)c1ccccc1. The Balaban J connectivity index is 1.76. The molecule has 3 rings (SSSR count). The van der Waals surface area contributed by atoms with E-state index in [2.05, 4.69) is 37.5 Å². The van der Waals surface area contributed by atoms with E-state index in [0.717, 1.165) is 16.7 Å². The third-order valence-electron chi connectivity index (χ3n) is 5.30. The standard InChI is InChI=1S/C27H27N3O2/c1-18-10-11-21(16-23(18)29-25(31)20-8-6-5-7-9-20)26(32)30-24(17-28)19-12-14-22(15-13-19)27(2,3)4/h5-16,24H,1-4H3,(H,29,31)(H,30,32). The third kappa shape index (κ3) is 5.41. The van der Waals surface area contributed by atoms with Crippen LogP contribution in [0.15, 0.2) is 72.8 Å². The van der Waals surface area contributed by atoms with E-state index in [0.29, 0.717) is 16.8 Å². The van der Waals surface area contributed by atoms with E-state index in [4.69, 9.17) is 0 Å². The molecule has 1 unspecified atom stereocenters. The maximum Gasteiger partial charge on any atom is 0.255 e. The number of hydrogen-bond acceptors (Lipinski definition) is 3. The molecule has 0 saturated carbocycles. The lowest BCUT2D eigenvalue weighted by Gasteiger charge is -2.20. The first-order valence-electron chi connectivity index (χ1n) is 10.5. The van der Waals surface area contributed by atoms with Crippen molar-refractivity contribution in [2.45, 2.75) is 39.2 Å². The number of rotatable bonds is 5. The minimum Gasteiger partial charge on any atom is -0.332 e. The molecule has 0 aliphatic carbocycles. The number of aryl methyl sites for hydroxylation is 1. The Morgan fingerprint density at radius 1 is 0.875 bits per heavy atom. The third-order valence-corrected chi connectivity index (χ3v) is 5.30. The minimum absolute atomic E-state index is 0.00635. The first-order valence-corrected chi connectivity index (χ1v) is 10.5. The molecule has 0 aliphatic rings. The van der Waals surface area contributed by atoms with Gasteiger partial charge in [-0.1, -0.05) is 69.3 Å². The van der Waals surface area contributed by atoms with Gasteiger partial charge in [-0.25, -0.2) is 0 Å². The molecule has 0 aromatic heterocycles. The smallest absolute Gasteiger partial charge is 0.255 e. The molecule has 0 aliphatic heterocycles. The molecule has 0 radical (unpaired) electrons. The fourth-order valence-electron chi connectivity index (χ4n) is 3.26. The highest BCUT2D eigenvalue weighted by Gasteiger charge is 2.18. The first-order chi connectivity index (χ1) is 15.2. The van der Waals surface area contributed by atoms with Gasteiger partial charge in [-0.15, -0.1) is 0 Å². The Hall–Kier alpha value is -3.91. The summed E-state index contributed by atoms with van der Waals surface area (Å²) in [7, 11) is 0. The zero-order valence-electron chi connectivity index (χ0n) is 18.8. The van der Waals surface area contributed by atoms with Crippen molar-refractivity contribution in [2.24, 2.45) is 0 Å². The second-order valence-corrected chi connectivity index (χ2v) is 8.76. The van der Waals surface area contributed by atoms with Crippen LogP contribution in [-0.4, -0.2) is 11.8 Å². The Bertz CT molecular complexity index is 1150. The highest BCUT2D eigenvalue weighted by Crippen LogP contribution is 2.24. The lowest BCUT2D eigenvalue weighted by atomic mass is 9.86. The molecular formula is C27H27N3O2. The van der Waals surface area contributed by atoms with Crippen LogP contribution in [0, 0.1) is 18.3 Å². The summed E-state index contributed by atoms with van der Waals surface area (Å²) in [4.78, 5) is 25.4. The van der Waals surface area contributed by atoms with Gasteiger partial charge in [-0.05, 0) is 53.3 Å². The van der Waals surface area contributed by atoms with Crippen LogP contribution in [0.25, 0.3) is 0 Å². The molecule has 0 saturated heterocycles. The van der Waals surface area contributed by atoms with Crippen molar-refractivity contribution in [2.75, 3.05) is 5.32 Å². The van der Waals surface area contributed by atoms with E-state index in [1.54, 1.807) is 42.5 Å². The van der Waals surface area contributed by atoms with Gasteiger partial charge in [0.25, 0.3) is 11.8 Å². The van der Waals surface area contributed by atoms with Crippen LogP contribution < -0.4 is 10.6 Å². The summed E-state index contributed by atoms with van der Waals surface area (Å²) in [5.74, 6) is -0.633. The number of nitrogens with zero attached hydrogens (tertiary/aromatic N) is 1. The molecule has 0 fully saturated rings. The Morgan fingerprint density at radius 2 is 1.53 bits per heavy atom. The fraction of sp³-hybridized carbons (Fsp3) is 0.222. The molecule has 162 valence electrons. The van der Waals surface area contributed by atoms with E-state index in [1.165, 1.54) is 0 Å². The maximum absolute atomic E-state index is 12.9. The van der Waals surface area contributed by atoms with Crippen LogP contribution in [0.5, 0.6) is 0 Å². The number of carbonyl (C=O) groups excluding carboxylic acids is 2. The fourth-order valence-corrected chi connectivity index (χ4v) is 3.26. The summed E-state index contributed by atoms with van der Waals surface area (Å²) in [6.45, 7) is 8.22. The quantitative estimate of drug-likeness (QED) is 0.563. The number of carbonyl (C=O) groups is 2. The topological polar surface area (TPSA) is 82.0 Å². The number of nitriles is 1. The second kappa shape index (κ2) is 9.49. The van der Waals surface area contributed by atoms with Gasteiger partial charge in [-0.3, -0.25) is 9.59 Å². The van der Waals surface area contributed by atoms with Crippen molar-refractivity contribution in [1.82, 2.24) is 5.32 Å². The number of hydrogen-bond donors (Lipinski definition) is 2. The molecule has 3 aromatic carbocycles. The molecule has 5 heteroatoms. The zero-order valence-corrected chi connectivity index (χ0v) is 18.8. The van der Waals surface area contributed by atoms with Gasteiger partial charge in [-0.2, -0.15) is 5.26 Å². The van der Waals surface area contributed by atoms with Crippen molar-refractivity contribution in [3.8, 4) is 6.07 Å². The molecular weight excluding hydrogens is 398 g/mol. The van der Waals surface area contributed by atoms with Crippen LogP contribution >= 0.6 is 0 Å². The maximum atomic E-state index is 12.9. The van der Waals surface area contributed by atoms with E-state index in [1.807, 2.05) is 37.3 Å². The number of nitrogens with one attached hydrogen (secondary N) is 2. The van der Waals surface area contributed by atoms with Crippen molar-refractivity contribution in [1.29, 1.82) is 5.26 Å². The Labute approximate surface area is 189 Å². The van der Waals surface area contributed by atoms with Crippen LogP contribution in [0.4, 0.5) is 5.69 Å². The van der Waals surface area contributed by atoms with Crippen LogP contribution in [0.1, 0.15) is 64.2 Å². The predicted octanol–water partition coefficient (Wildman–Crippen LogP) is 5.54. The van der Waals surface area contributed by atoms with Gasteiger partial charge in [0.15, 0.2) is 0 Å². The van der Waals surface area contributed by atoms with Gasteiger partial charge in [0, 0.05) is 16.8 Å². The van der Waals surface area contributed by atoms with Crippen molar-refractivity contribution < 1.29 is 9.59 Å². The highest BCUT2D eigenvalue weighted by atomic mass is 16.2. The highest BCUT2D eigenvalue weighted by molar-refractivity contribution is 6.05. The molecule has 2 N–H and O–H groups in total. The van der Waals surface area contributed by atoms with Gasteiger partial charge < -0.3 is 10.6 Å². The summed E-state index contributed by atoms with van der Waals surface area (Å²) in [5.41, 5.74) is 4.16. The average Bonchev–Trinajstić information content (AvgIpc) is 2.78. The van der Waals surface area contributed by atoms with Crippen LogP contribution in [0.3, 0.4) is 0 Å². The normalized spacial score (nSPS) is 11.8. The van der Waals surface area contributed by atoms with E-state index in [-0.39, 0.29) is 17.2 Å². The molecule has 32 heavy (non-hydrogen) atoms. The minimum atomic E-state index is -0.778. The van der Waals surface area contributed by atoms with Crippen molar-refractivity contribution in [3.63, 3.8) is 0 Å². The van der Waals surface area contributed by atoms with Crippen molar-refractivity contribution in [3.05, 3.63) is 101 Å². The molecule has 2 amide bonds. The predicted molar refractivity (Wildman–Crippen MR) is 127 cm³/mol. The van der Waals surface area contributed by atoms with Crippen LogP contribution in [-0.2, 0) is 5.41 Å². The number of amides is 2. The molecule has 3 aromatic rings. The molecule has 0 bridgehead atoms. The van der Waals surface area contributed by atoms with Gasteiger partial charge >= 0.3 is 0 Å². The van der Waals surface area contributed by atoms with Crippen molar-refractivity contribution >= 4 is 17.5 Å². The van der Waals surface area contributed by atoms with E-state index in [9.17, 15) is 14.9 Å². The molecule has 0 spiro atoms. The average molecular weight is 426 g/mol. The molecule has 5 nitrogen and oxygen atoms in total. The van der Waals surface area contributed by atoms with Gasteiger partial charge in [0.1, 0.15) is 6.04 Å². The Kier molecular flexibility index (Phi) is 6.75. The van der Waals surface area contributed by atoms with Crippen LogP contribution in [0.2, 0.25) is 0 Å². The summed E-state index contributed by atoms with van der Waals surface area (Å²) >= 11 is 0. The van der Waals surface area contributed by atoms with Gasteiger partial charge in [0.2, 0.25) is 0 Å². The largest absolute Gasteiger partial charge is 0.332 e. The molecule has 0 heterocycles. The first kappa shape index (κ1) is 22.8. The van der Waals surface area contributed by atoms with Gasteiger partial charge in [0.05, 0.1) is 6.07 Å². The summed E-state index contributed by atoms with van der Waals surface area (Å²) in [6, 6.07) is 23.0. The number of benzene rings is 3. The zero-order chi connectivity index (χ0) is 23.3. The summed E-state index contributed by atoms with van der Waals surface area (Å²) in [5, 5.41) is 15.3. The van der Waals surface area contributed by atoms with E-state index < -0.39 is 6.04 Å². The lowest BCUT2D eigenvalue weighted by Crippen LogP contribution is -2.28. The number of anilines is 1. The second-order valence-electron chi connectivity index (χ2n) is 8.76. The molecule has 1 atom stereocenters. The Morgan fingerprint density at radius 3 is 2.12 bits per heavy atom. The lowest BCUT2D eigenvalue weighted by molar-refractivity contribution is 0.0944. The summed E-state index contributed by atoms with van der Waals surface area (Å²) < 4.78 is 0.